The fourth-order valence-electron chi connectivity index (χ4n) is 3.23. The normalized spacial score (nSPS) is 24.7. The maximum Gasteiger partial charge on any atom is 0.0635 e. The third-order valence-corrected chi connectivity index (χ3v) is 4.69. The van der Waals surface area contributed by atoms with E-state index >= 15 is 0 Å². The molecule has 4 heteroatoms. The molecule has 108 valence electrons. The van der Waals surface area contributed by atoms with Gasteiger partial charge in [-0.2, -0.15) is 5.10 Å². The highest BCUT2D eigenvalue weighted by Crippen LogP contribution is 2.36. The number of hydrogen-bond acceptors (Lipinski definition) is 2. The predicted molar refractivity (Wildman–Crippen MR) is 83.6 cm³/mol. The van der Waals surface area contributed by atoms with Gasteiger partial charge in [0.05, 0.1) is 16.4 Å². The molecule has 0 amide bonds. The SMILES string of the molecule is CCNC1CCCCC(c2c(Br)cnn2C(C)C)C1. The Morgan fingerprint density at radius 1 is 1.42 bits per heavy atom. The van der Waals surface area contributed by atoms with Gasteiger partial charge in [-0.25, -0.2) is 0 Å². The third-order valence-electron chi connectivity index (χ3n) is 4.08. The van der Waals surface area contributed by atoms with E-state index < -0.39 is 0 Å². The van der Waals surface area contributed by atoms with Gasteiger partial charge in [-0.1, -0.05) is 19.8 Å². The smallest absolute Gasteiger partial charge is 0.0635 e. The molecule has 1 heterocycles. The van der Waals surface area contributed by atoms with Crippen molar-refractivity contribution < 1.29 is 0 Å². The molecule has 2 atom stereocenters. The van der Waals surface area contributed by atoms with Crippen LogP contribution in [0.25, 0.3) is 0 Å². The van der Waals surface area contributed by atoms with Gasteiger partial charge in [-0.15, -0.1) is 0 Å². The van der Waals surface area contributed by atoms with Gasteiger partial charge < -0.3 is 5.32 Å². The zero-order valence-corrected chi connectivity index (χ0v) is 13.9. The monoisotopic (exact) mass is 327 g/mol. The van der Waals surface area contributed by atoms with Crippen molar-refractivity contribution in [3.05, 3.63) is 16.4 Å². The minimum atomic E-state index is 0.433. The highest BCUT2D eigenvalue weighted by atomic mass is 79.9. The van der Waals surface area contributed by atoms with E-state index in [1.54, 1.807) is 0 Å². The van der Waals surface area contributed by atoms with Gasteiger partial charge in [0.25, 0.3) is 0 Å². The fraction of sp³-hybridized carbons (Fsp3) is 0.800. The molecule has 1 aromatic rings. The van der Waals surface area contributed by atoms with Gasteiger partial charge in [0.15, 0.2) is 0 Å². The highest BCUT2D eigenvalue weighted by Gasteiger charge is 2.26. The number of aromatic nitrogens is 2. The topological polar surface area (TPSA) is 29.9 Å². The molecule has 0 bridgehead atoms. The molecule has 19 heavy (non-hydrogen) atoms. The summed E-state index contributed by atoms with van der Waals surface area (Å²) in [6.45, 7) is 7.69. The van der Waals surface area contributed by atoms with Crippen LogP contribution in [-0.2, 0) is 0 Å². The molecule has 2 unspecified atom stereocenters. The molecule has 1 fully saturated rings. The second kappa shape index (κ2) is 6.89. The van der Waals surface area contributed by atoms with Crippen LogP contribution in [0.15, 0.2) is 10.7 Å². The summed E-state index contributed by atoms with van der Waals surface area (Å²) in [4.78, 5) is 0. The van der Waals surface area contributed by atoms with E-state index in [0.717, 1.165) is 6.54 Å². The van der Waals surface area contributed by atoms with Crippen LogP contribution in [0.1, 0.15) is 70.5 Å². The van der Waals surface area contributed by atoms with E-state index in [4.69, 9.17) is 0 Å². The van der Waals surface area contributed by atoms with Crippen LogP contribution in [0.4, 0.5) is 0 Å². The molecule has 0 saturated heterocycles. The van der Waals surface area contributed by atoms with Crippen LogP contribution in [0.5, 0.6) is 0 Å². The molecule has 0 aliphatic heterocycles. The largest absolute Gasteiger partial charge is 0.314 e. The second-order valence-electron chi connectivity index (χ2n) is 5.89. The lowest BCUT2D eigenvalue weighted by molar-refractivity contribution is 0.418. The van der Waals surface area contributed by atoms with E-state index in [9.17, 15) is 0 Å². The fourth-order valence-corrected chi connectivity index (χ4v) is 3.82. The maximum atomic E-state index is 4.54. The van der Waals surface area contributed by atoms with Gasteiger partial charge in [0.2, 0.25) is 0 Å². The number of rotatable bonds is 4. The zero-order chi connectivity index (χ0) is 13.8. The summed E-state index contributed by atoms with van der Waals surface area (Å²) in [5.74, 6) is 0.630. The minimum absolute atomic E-state index is 0.433. The average Bonchev–Trinajstić information content (AvgIpc) is 2.60. The number of halogens is 1. The van der Waals surface area contributed by atoms with Crippen LogP contribution in [0.2, 0.25) is 0 Å². The first-order valence-corrected chi connectivity index (χ1v) is 8.39. The van der Waals surface area contributed by atoms with E-state index in [-0.39, 0.29) is 0 Å². The van der Waals surface area contributed by atoms with Gasteiger partial charge >= 0.3 is 0 Å². The molecule has 1 N–H and O–H groups in total. The Kier molecular flexibility index (Phi) is 5.46. The molecule has 0 radical (unpaired) electrons. The summed E-state index contributed by atoms with van der Waals surface area (Å²) in [7, 11) is 0. The quantitative estimate of drug-likeness (QED) is 0.837. The lowest BCUT2D eigenvalue weighted by Crippen LogP contribution is -2.30. The summed E-state index contributed by atoms with van der Waals surface area (Å²) in [5, 5.41) is 8.18. The van der Waals surface area contributed by atoms with E-state index in [1.807, 2.05) is 6.20 Å². The standard InChI is InChI=1S/C15H26BrN3/c1-4-17-13-8-6-5-7-12(9-13)15-14(16)10-18-19(15)11(2)3/h10-13,17H,4-9H2,1-3H3. The van der Waals surface area contributed by atoms with Crippen molar-refractivity contribution in [3.8, 4) is 0 Å². The van der Waals surface area contributed by atoms with Gasteiger partial charge in [-0.3, -0.25) is 4.68 Å². The molecule has 1 aliphatic rings. The van der Waals surface area contributed by atoms with Crippen molar-refractivity contribution in [3.63, 3.8) is 0 Å². The molecule has 2 rings (SSSR count). The minimum Gasteiger partial charge on any atom is -0.314 e. The zero-order valence-electron chi connectivity index (χ0n) is 12.3. The van der Waals surface area contributed by atoms with Crippen molar-refractivity contribution in [2.75, 3.05) is 6.54 Å². The first-order chi connectivity index (χ1) is 9.13. The Bertz CT molecular complexity index is 400. The Hall–Kier alpha value is -0.350. The van der Waals surface area contributed by atoms with Gasteiger partial charge in [-0.05, 0) is 55.6 Å². The number of nitrogens with one attached hydrogen (secondary N) is 1. The summed E-state index contributed by atoms with van der Waals surface area (Å²) in [6.07, 6.45) is 8.49. The van der Waals surface area contributed by atoms with Crippen molar-refractivity contribution >= 4 is 15.9 Å². The third kappa shape index (κ3) is 3.60. The van der Waals surface area contributed by atoms with Crippen LogP contribution in [0, 0.1) is 0 Å². The maximum absolute atomic E-state index is 4.54. The van der Waals surface area contributed by atoms with Crippen molar-refractivity contribution in [1.82, 2.24) is 15.1 Å². The Labute approximate surface area is 125 Å². The molecule has 0 spiro atoms. The summed E-state index contributed by atoms with van der Waals surface area (Å²) in [5.41, 5.74) is 1.40. The summed E-state index contributed by atoms with van der Waals surface area (Å²) >= 11 is 3.70. The lowest BCUT2D eigenvalue weighted by atomic mass is 9.94. The van der Waals surface area contributed by atoms with E-state index in [2.05, 4.69) is 51.8 Å². The van der Waals surface area contributed by atoms with Crippen LogP contribution in [0.3, 0.4) is 0 Å². The molecular weight excluding hydrogens is 302 g/mol. The Morgan fingerprint density at radius 2 is 2.16 bits per heavy atom. The molecular formula is C15H26BrN3. The Balaban J connectivity index is 2.21. The van der Waals surface area contributed by atoms with Crippen LogP contribution in [-0.4, -0.2) is 22.4 Å². The molecule has 1 saturated carbocycles. The lowest BCUT2D eigenvalue weighted by Gasteiger charge is -2.23. The average molecular weight is 328 g/mol. The summed E-state index contributed by atoms with van der Waals surface area (Å²) < 4.78 is 3.38. The molecule has 1 aromatic heterocycles. The van der Waals surface area contributed by atoms with Gasteiger partial charge in [0.1, 0.15) is 0 Å². The highest BCUT2D eigenvalue weighted by molar-refractivity contribution is 9.10. The second-order valence-corrected chi connectivity index (χ2v) is 6.74. The molecule has 0 aromatic carbocycles. The van der Waals surface area contributed by atoms with Crippen molar-refractivity contribution in [2.24, 2.45) is 0 Å². The van der Waals surface area contributed by atoms with E-state index in [0.29, 0.717) is 18.0 Å². The Morgan fingerprint density at radius 3 is 2.84 bits per heavy atom. The predicted octanol–water partition coefficient (Wildman–Crippen LogP) is 4.25. The number of hydrogen-bond donors (Lipinski definition) is 1. The first-order valence-electron chi connectivity index (χ1n) is 7.59. The molecule has 1 aliphatic carbocycles. The first kappa shape index (κ1) is 15.0. The van der Waals surface area contributed by atoms with Crippen molar-refractivity contribution in [2.45, 2.75) is 70.9 Å². The summed E-state index contributed by atoms with van der Waals surface area (Å²) in [6, 6.07) is 1.10. The number of nitrogens with zero attached hydrogens (tertiary/aromatic N) is 2. The van der Waals surface area contributed by atoms with Crippen LogP contribution >= 0.6 is 15.9 Å². The van der Waals surface area contributed by atoms with Gasteiger partial charge in [0, 0.05) is 18.0 Å². The van der Waals surface area contributed by atoms with E-state index in [1.165, 1.54) is 42.3 Å². The van der Waals surface area contributed by atoms with Crippen LogP contribution < -0.4 is 5.32 Å². The molecule has 3 nitrogen and oxygen atoms in total. The van der Waals surface area contributed by atoms with Crippen molar-refractivity contribution in [1.29, 1.82) is 0 Å².